The highest BCUT2D eigenvalue weighted by atomic mass is 79.9. The van der Waals surface area contributed by atoms with Gasteiger partial charge in [-0.15, -0.1) is 0 Å². The fourth-order valence-electron chi connectivity index (χ4n) is 3.55. The molecule has 0 radical (unpaired) electrons. The Labute approximate surface area is 134 Å². The first-order valence-electron chi connectivity index (χ1n) is 7.58. The molecule has 1 aliphatic heterocycles. The van der Waals surface area contributed by atoms with Gasteiger partial charge in [-0.3, -0.25) is 0 Å². The van der Waals surface area contributed by atoms with Gasteiger partial charge < -0.3 is 19.9 Å². The number of halogens is 1. The van der Waals surface area contributed by atoms with Crippen LogP contribution in [0.5, 0.6) is 17.2 Å². The summed E-state index contributed by atoms with van der Waals surface area (Å²) in [5.74, 6) is 2.47. The molecule has 1 aromatic rings. The van der Waals surface area contributed by atoms with E-state index >= 15 is 0 Å². The van der Waals surface area contributed by atoms with Crippen LogP contribution in [0, 0.1) is 0 Å². The topological polar surface area (TPSA) is 53.7 Å². The van der Waals surface area contributed by atoms with Crippen molar-refractivity contribution in [3.8, 4) is 17.2 Å². The Morgan fingerprint density at radius 2 is 1.95 bits per heavy atom. The molecule has 4 nitrogen and oxygen atoms in total. The molecule has 1 saturated carbocycles. The lowest BCUT2D eigenvalue weighted by molar-refractivity contribution is 0.290. The fourth-order valence-corrected chi connectivity index (χ4v) is 4.11. The maximum absolute atomic E-state index is 6.18. The van der Waals surface area contributed by atoms with Crippen molar-refractivity contribution in [3.05, 3.63) is 16.1 Å². The van der Waals surface area contributed by atoms with E-state index < -0.39 is 0 Å². The summed E-state index contributed by atoms with van der Waals surface area (Å²) in [6, 6.07) is 1.95. The number of methoxy groups -OCH3 is 1. The summed E-state index contributed by atoms with van der Waals surface area (Å²) in [7, 11) is 1.70. The lowest BCUT2D eigenvalue weighted by Crippen LogP contribution is -2.33. The number of hydrogen-bond acceptors (Lipinski definition) is 4. The SMILES string of the molecule is COc1c(Br)cc2c(c1C1(CN)CCCC1)OCCCO2. The van der Waals surface area contributed by atoms with Crippen molar-refractivity contribution in [2.24, 2.45) is 5.73 Å². The van der Waals surface area contributed by atoms with Gasteiger partial charge in [0.25, 0.3) is 0 Å². The van der Waals surface area contributed by atoms with Gasteiger partial charge in [0.1, 0.15) is 5.75 Å². The average molecular weight is 356 g/mol. The third-order valence-corrected chi connectivity index (χ3v) is 5.22. The molecule has 1 aromatic carbocycles. The van der Waals surface area contributed by atoms with Crippen molar-refractivity contribution >= 4 is 15.9 Å². The molecule has 0 spiro atoms. The minimum Gasteiger partial charge on any atom is -0.495 e. The van der Waals surface area contributed by atoms with Crippen molar-refractivity contribution in [2.75, 3.05) is 26.9 Å². The Bertz CT molecular complexity index is 527. The standard InChI is InChI=1S/C16H22BrNO3/c1-19-14-11(17)9-12-15(21-8-4-7-20-12)13(14)16(10-18)5-2-3-6-16/h9H,2-8,10,18H2,1H3. The zero-order chi connectivity index (χ0) is 14.9. The summed E-state index contributed by atoms with van der Waals surface area (Å²) in [6.07, 6.45) is 5.44. The summed E-state index contributed by atoms with van der Waals surface area (Å²) in [6.45, 7) is 1.96. The Kier molecular flexibility index (Phi) is 4.31. The van der Waals surface area contributed by atoms with Crippen molar-refractivity contribution in [2.45, 2.75) is 37.5 Å². The zero-order valence-electron chi connectivity index (χ0n) is 12.4. The van der Waals surface area contributed by atoms with Gasteiger partial charge in [-0.2, -0.15) is 0 Å². The molecule has 0 amide bonds. The van der Waals surface area contributed by atoms with E-state index in [9.17, 15) is 0 Å². The first-order chi connectivity index (χ1) is 10.2. The van der Waals surface area contributed by atoms with Gasteiger partial charge in [-0.1, -0.05) is 12.8 Å². The summed E-state index contributed by atoms with van der Waals surface area (Å²) in [5, 5.41) is 0. The Morgan fingerprint density at radius 3 is 2.62 bits per heavy atom. The predicted octanol–water partition coefficient (Wildman–Crippen LogP) is 3.39. The van der Waals surface area contributed by atoms with Gasteiger partial charge in [0.2, 0.25) is 0 Å². The molecule has 0 atom stereocenters. The maximum atomic E-state index is 6.18. The summed E-state index contributed by atoms with van der Waals surface area (Å²) >= 11 is 3.61. The van der Waals surface area contributed by atoms with E-state index in [1.165, 1.54) is 12.8 Å². The molecule has 2 aliphatic rings. The Morgan fingerprint density at radius 1 is 1.24 bits per heavy atom. The van der Waals surface area contributed by atoms with E-state index in [0.29, 0.717) is 19.8 Å². The van der Waals surface area contributed by atoms with Gasteiger partial charge >= 0.3 is 0 Å². The zero-order valence-corrected chi connectivity index (χ0v) is 14.0. The monoisotopic (exact) mass is 355 g/mol. The molecule has 0 aromatic heterocycles. The van der Waals surface area contributed by atoms with E-state index in [0.717, 1.165) is 46.5 Å². The molecule has 116 valence electrons. The highest BCUT2D eigenvalue weighted by molar-refractivity contribution is 9.10. The molecule has 5 heteroatoms. The van der Waals surface area contributed by atoms with Crippen LogP contribution in [0.15, 0.2) is 10.5 Å². The van der Waals surface area contributed by atoms with E-state index in [-0.39, 0.29) is 5.41 Å². The molecule has 2 N–H and O–H groups in total. The van der Waals surface area contributed by atoms with Gasteiger partial charge in [0, 0.05) is 30.0 Å². The molecule has 0 saturated heterocycles. The van der Waals surface area contributed by atoms with Gasteiger partial charge in [-0.25, -0.2) is 0 Å². The van der Waals surface area contributed by atoms with E-state index in [4.69, 9.17) is 19.9 Å². The van der Waals surface area contributed by atoms with Crippen LogP contribution in [0.4, 0.5) is 0 Å². The third kappa shape index (κ3) is 2.50. The molecule has 0 unspecified atom stereocenters. The molecule has 1 aliphatic carbocycles. The van der Waals surface area contributed by atoms with Crippen LogP contribution in [0.25, 0.3) is 0 Å². The summed E-state index contributed by atoms with van der Waals surface area (Å²) < 4.78 is 18.5. The molecule has 0 bridgehead atoms. The van der Waals surface area contributed by atoms with Crippen molar-refractivity contribution in [1.29, 1.82) is 0 Å². The fraction of sp³-hybridized carbons (Fsp3) is 0.625. The minimum absolute atomic E-state index is 0.0626. The van der Waals surface area contributed by atoms with Crippen molar-refractivity contribution < 1.29 is 14.2 Å². The first-order valence-corrected chi connectivity index (χ1v) is 8.38. The lowest BCUT2D eigenvalue weighted by Gasteiger charge is -2.32. The molecule has 21 heavy (non-hydrogen) atoms. The molecule has 1 heterocycles. The molecular weight excluding hydrogens is 334 g/mol. The third-order valence-electron chi connectivity index (χ3n) is 4.63. The number of hydrogen-bond donors (Lipinski definition) is 1. The van der Waals surface area contributed by atoms with Crippen LogP contribution in [0.1, 0.15) is 37.7 Å². The molecule has 1 fully saturated rings. The van der Waals surface area contributed by atoms with Gasteiger partial charge in [0.05, 0.1) is 24.8 Å². The van der Waals surface area contributed by atoms with Crippen LogP contribution in [0.3, 0.4) is 0 Å². The Balaban J connectivity index is 2.22. The van der Waals surface area contributed by atoms with Crippen LogP contribution in [0.2, 0.25) is 0 Å². The van der Waals surface area contributed by atoms with Gasteiger partial charge in [0.15, 0.2) is 11.5 Å². The largest absolute Gasteiger partial charge is 0.495 e. The van der Waals surface area contributed by atoms with E-state index in [1.54, 1.807) is 7.11 Å². The average Bonchev–Trinajstić information content (AvgIpc) is 2.86. The highest BCUT2D eigenvalue weighted by Crippen LogP contribution is 2.54. The number of nitrogens with two attached hydrogens (primary N) is 1. The Hall–Kier alpha value is -0.940. The minimum atomic E-state index is -0.0626. The normalized spacial score (nSPS) is 20.1. The van der Waals surface area contributed by atoms with Crippen molar-refractivity contribution in [3.63, 3.8) is 0 Å². The molecular formula is C16H22BrNO3. The van der Waals surface area contributed by atoms with Gasteiger partial charge in [-0.05, 0) is 28.8 Å². The summed E-state index contributed by atoms with van der Waals surface area (Å²) in [4.78, 5) is 0. The van der Waals surface area contributed by atoms with Crippen LogP contribution < -0.4 is 19.9 Å². The smallest absolute Gasteiger partial charge is 0.168 e. The highest BCUT2D eigenvalue weighted by Gasteiger charge is 2.41. The summed E-state index contributed by atoms with van der Waals surface area (Å²) in [5.41, 5.74) is 7.21. The second-order valence-corrected chi connectivity index (χ2v) is 6.69. The van der Waals surface area contributed by atoms with Crippen LogP contribution >= 0.6 is 15.9 Å². The van der Waals surface area contributed by atoms with Crippen molar-refractivity contribution in [1.82, 2.24) is 0 Å². The number of fused-ring (bicyclic) bond motifs is 1. The number of rotatable bonds is 3. The number of benzene rings is 1. The second kappa shape index (κ2) is 6.05. The maximum Gasteiger partial charge on any atom is 0.168 e. The molecule has 3 rings (SSSR count). The van der Waals surface area contributed by atoms with Crippen LogP contribution in [-0.2, 0) is 5.41 Å². The predicted molar refractivity (Wildman–Crippen MR) is 85.5 cm³/mol. The van der Waals surface area contributed by atoms with E-state index in [2.05, 4.69) is 15.9 Å². The van der Waals surface area contributed by atoms with Crippen LogP contribution in [-0.4, -0.2) is 26.9 Å². The number of ether oxygens (including phenoxy) is 3. The van der Waals surface area contributed by atoms with E-state index in [1.807, 2.05) is 6.07 Å². The first kappa shape index (κ1) is 15.0. The lowest BCUT2D eigenvalue weighted by atomic mass is 9.77. The quantitative estimate of drug-likeness (QED) is 0.902. The second-order valence-electron chi connectivity index (χ2n) is 5.84.